The Bertz CT molecular complexity index is 709. The lowest BCUT2D eigenvalue weighted by Crippen LogP contribution is -2.42. The molecule has 0 spiro atoms. The van der Waals surface area contributed by atoms with Crippen LogP contribution in [0.5, 0.6) is 0 Å². The van der Waals surface area contributed by atoms with Crippen molar-refractivity contribution in [1.29, 1.82) is 0 Å². The van der Waals surface area contributed by atoms with Crippen molar-refractivity contribution in [2.75, 3.05) is 18.8 Å². The first kappa shape index (κ1) is 15.1. The predicted molar refractivity (Wildman–Crippen MR) is 100 cm³/mol. The Kier molecular flexibility index (Phi) is 4.32. The Labute approximate surface area is 146 Å². The van der Waals surface area contributed by atoms with Gasteiger partial charge in [-0.15, -0.1) is 0 Å². The molecule has 0 N–H and O–H groups in total. The average molecular weight is 343 g/mol. The highest BCUT2D eigenvalue weighted by Crippen LogP contribution is 2.33. The molecule has 4 rings (SSSR count). The Morgan fingerprint density at radius 1 is 0.957 bits per heavy atom. The lowest BCUT2D eigenvalue weighted by molar-refractivity contribution is 0.371. The summed E-state index contributed by atoms with van der Waals surface area (Å²) in [6, 6.07) is 17.0. The average Bonchev–Trinajstić information content (AvgIpc) is 2.62. The van der Waals surface area contributed by atoms with Crippen LogP contribution in [0.25, 0.3) is 11.1 Å². The molecule has 0 radical (unpaired) electrons. The van der Waals surface area contributed by atoms with Crippen LogP contribution in [0.3, 0.4) is 0 Å². The van der Waals surface area contributed by atoms with Crippen molar-refractivity contribution in [1.82, 2.24) is 4.90 Å². The van der Waals surface area contributed by atoms with Crippen LogP contribution >= 0.6 is 23.5 Å². The first-order chi connectivity index (χ1) is 11.3. The molecule has 1 atom stereocenters. The van der Waals surface area contributed by atoms with Crippen LogP contribution < -0.4 is 0 Å². The van der Waals surface area contributed by atoms with Crippen LogP contribution in [0.15, 0.2) is 52.9 Å². The van der Waals surface area contributed by atoms with Crippen LogP contribution in [0.1, 0.15) is 24.3 Å². The molecule has 118 valence electrons. The van der Waals surface area contributed by atoms with Gasteiger partial charge in [-0.3, -0.25) is 0 Å². The number of amidine groups is 1. The zero-order valence-electron chi connectivity index (χ0n) is 12.9. The van der Waals surface area contributed by atoms with Crippen molar-refractivity contribution in [2.24, 2.45) is 4.40 Å². The second-order valence-electron chi connectivity index (χ2n) is 6.09. The fourth-order valence-corrected chi connectivity index (χ4v) is 4.32. The topological polar surface area (TPSA) is 15.6 Å². The van der Waals surface area contributed by atoms with Crippen LogP contribution in [-0.2, 0) is 0 Å². The van der Waals surface area contributed by atoms with E-state index in [-0.39, 0.29) is 0 Å². The number of fused-ring (bicyclic) bond motifs is 1. The van der Waals surface area contributed by atoms with E-state index in [1.807, 2.05) is 12.1 Å². The van der Waals surface area contributed by atoms with E-state index in [2.05, 4.69) is 41.3 Å². The largest absolute Gasteiger partial charge is 0.358 e. The molecule has 2 aliphatic heterocycles. The number of nitrogens with zero attached hydrogens (tertiary/aromatic N) is 2. The summed E-state index contributed by atoms with van der Waals surface area (Å²) in [6.07, 6.45) is 2.46. The van der Waals surface area contributed by atoms with Gasteiger partial charge in [0.2, 0.25) is 0 Å². The molecule has 1 saturated heterocycles. The molecule has 2 aromatic carbocycles. The van der Waals surface area contributed by atoms with Gasteiger partial charge in [-0.2, -0.15) is 0 Å². The van der Waals surface area contributed by atoms with Crippen molar-refractivity contribution >= 4 is 29.4 Å². The molecule has 2 aliphatic rings. The minimum atomic E-state index is 0.454. The quantitative estimate of drug-likeness (QED) is 0.693. The maximum absolute atomic E-state index is 5.97. The van der Waals surface area contributed by atoms with Crippen molar-refractivity contribution in [3.63, 3.8) is 0 Å². The molecular formula is C19H19ClN2S. The standard InChI is InChI=1S/C19H19ClN2S/c20-17-9-7-15(8-10-17)14-3-5-16(6-4-14)18-2-1-11-22-12-13-23-21-19(18)22/h3-10,18H,1-2,11-13H2. The van der Waals surface area contributed by atoms with E-state index >= 15 is 0 Å². The van der Waals surface area contributed by atoms with Crippen LogP contribution in [0, 0.1) is 0 Å². The predicted octanol–water partition coefficient (Wildman–Crippen LogP) is 5.25. The molecule has 4 heteroatoms. The first-order valence-corrected chi connectivity index (χ1v) is 9.44. The molecule has 23 heavy (non-hydrogen) atoms. The summed E-state index contributed by atoms with van der Waals surface area (Å²) >= 11 is 7.69. The second-order valence-corrected chi connectivity index (χ2v) is 7.38. The number of benzene rings is 2. The summed E-state index contributed by atoms with van der Waals surface area (Å²) < 4.78 is 4.74. The SMILES string of the molecule is Clc1ccc(-c2ccc(C3CCCN4CCSN=C34)cc2)cc1. The van der Waals surface area contributed by atoms with E-state index in [1.54, 1.807) is 11.9 Å². The van der Waals surface area contributed by atoms with E-state index in [0.29, 0.717) is 5.92 Å². The fourth-order valence-electron chi connectivity index (χ4n) is 3.43. The third-order valence-electron chi connectivity index (χ3n) is 4.66. The molecule has 0 amide bonds. The molecule has 0 saturated carbocycles. The summed E-state index contributed by atoms with van der Waals surface area (Å²) in [7, 11) is 0. The molecule has 1 fully saturated rings. The Balaban J connectivity index is 1.60. The summed E-state index contributed by atoms with van der Waals surface area (Å²) in [4.78, 5) is 2.47. The zero-order valence-corrected chi connectivity index (χ0v) is 14.5. The van der Waals surface area contributed by atoms with Crippen LogP contribution in [0.4, 0.5) is 0 Å². The Hall–Kier alpha value is -1.45. The number of piperidine rings is 1. The highest BCUT2D eigenvalue weighted by Gasteiger charge is 2.29. The highest BCUT2D eigenvalue weighted by atomic mass is 35.5. The summed E-state index contributed by atoms with van der Waals surface area (Å²) in [5.74, 6) is 2.86. The lowest BCUT2D eigenvalue weighted by Gasteiger charge is -2.37. The maximum atomic E-state index is 5.97. The monoisotopic (exact) mass is 342 g/mol. The van der Waals surface area contributed by atoms with Crippen LogP contribution in [0.2, 0.25) is 5.02 Å². The smallest absolute Gasteiger partial charge is 0.120 e. The minimum absolute atomic E-state index is 0.454. The van der Waals surface area contributed by atoms with E-state index in [4.69, 9.17) is 16.0 Å². The normalized spacial score (nSPS) is 20.8. The second kappa shape index (κ2) is 6.58. The van der Waals surface area contributed by atoms with Crippen molar-refractivity contribution < 1.29 is 0 Å². The molecule has 2 aromatic rings. The van der Waals surface area contributed by atoms with Gasteiger partial charge < -0.3 is 4.90 Å². The maximum Gasteiger partial charge on any atom is 0.120 e. The summed E-state index contributed by atoms with van der Waals surface area (Å²) in [6.45, 7) is 2.31. The number of hydrogen-bond donors (Lipinski definition) is 0. The van der Waals surface area contributed by atoms with Crippen molar-refractivity contribution in [3.05, 3.63) is 59.1 Å². The van der Waals surface area contributed by atoms with Crippen molar-refractivity contribution in [3.8, 4) is 11.1 Å². The first-order valence-electron chi connectivity index (χ1n) is 8.12. The fraction of sp³-hybridized carbons (Fsp3) is 0.316. The van der Waals surface area contributed by atoms with Gasteiger partial charge in [0.25, 0.3) is 0 Å². The number of hydrogen-bond acceptors (Lipinski definition) is 3. The van der Waals surface area contributed by atoms with Gasteiger partial charge in [-0.05, 0) is 53.6 Å². The van der Waals surface area contributed by atoms with E-state index in [9.17, 15) is 0 Å². The third-order valence-corrected chi connectivity index (χ3v) is 5.59. The van der Waals surface area contributed by atoms with Gasteiger partial charge >= 0.3 is 0 Å². The van der Waals surface area contributed by atoms with Gasteiger partial charge in [0.05, 0.1) is 0 Å². The lowest BCUT2D eigenvalue weighted by atomic mass is 9.88. The molecule has 0 aliphatic carbocycles. The molecule has 0 bridgehead atoms. The molecular weight excluding hydrogens is 324 g/mol. The highest BCUT2D eigenvalue weighted by molar-refractivity contribution is 7.98. The van der Waals surface area contributed by atoms with E-state index in [0.717, 1.165) is 17.3 Å². The number of rotatable bonds is 2. The molecule has 2 heterocycles. The zero-order chi connectivity index (χ0) is 15.6. The van der Waals surface area contributed by atoms with Gasteiger partial charge in [0, 0.05) is 29.8 Å². The molecule has 2 nitrogen and oxygen atoms in total. The van der Waals surface area contributed by atoms with Gasteiger partial charge in [-0.25, -0.2) is 4.40 Å². The summed E-state index contributed by atoms with van der Waals surface area (Å²) in [5.41, 5.74) is 3.82. The number of halogens is 1. The van der Waals surface area contributed by atoms with Gasteiger partial charge in [-0.1, -0.05) is 48.0 Å². The van der Waals surface area contributed by atoms with E-state index < -0.39 is 0 Å². The Morgan fingerprint density at radius 3 is 2.39 bits per heavy atom. The van der Waals surface area contributed by atoms with Gasteiger partial charge in [0.1, 0.15) is 5.84 Å². The minimum Gasteiger partial charge on any atom is -0.358 e. The Morgan fingerprint density at radius 2 is 1.65 bits per heavy atom. The summed E-state index contributed by atoms with van der Waals surface area (Å²) in [5, 5.41) is 0.778. The van der Waals surface area contributed by atoms with Gasteiger partial charge in [0.15, 0.2) is 0 Å². The molecule has 1 unspecified atom stereocenters. The van der Waals surface area contributed by atoms with Crippen molar-refractivity contribution in [2.45, 2.75) is 18.8 Å². The third kappa shape index (κ3) is 3.13. The van der Waals surface area contributed by atoms with Crippen LogP contribution in [-0.4, -0.2) is 29.6 Å². The molecule has 0 aromatic heterocycles. The van der Waals surface area contributed by atoms with E-state index in [1.165, 1.54) is 41.9 Å².